The minimum Gasteiger partial charge on any atom is -0.240 e. The Kier molecular flexibility index (Phi) is 8.78. The summed E-state index contributed by atoms with van der Waals surface area (Å²) in [5, 5.41) is 15.1. The maximum Gasteiger partial charge on any atom is 0.121 e. The Balaban J connectivity index is 1.37. The highest BCUT2D eigenvalue weighted by molar-refractivity contribution is 7.80. The quantitative estimate of drug-likeness (QED) is 0.165. The Hall–Kier alpha value is -3.90. The van der Waals surface area contributed by atoms with E-state index in [0.717, 1.165) is 16.7 Å². The van der Waals surface area contributed by atoms with Crippen molar-refractivity contribution in [1.29, 1.82) is 0 Å². The summed E-state index contributed by atoms with van der Waals surface area (Å²) in [5.41, 5.74) is 4.54. The molecule has 0 amide bonds. The zero-order chi connectivity index (χ0) is 29.7. The van der Waals surface area contributed by atoms with Crippen LogP contribution in [0, 0.1) is 30.8 Å². The van der Waals surface area contributed by atoms with Crippen LogP contribution >= 0.6 is 15.8 Å². The second-order valence-electron chi connectivity index (χ2n) is 10.6. The van der Waals surface area contributed by atoms with Crippen LogP contribution in [-0.4, -0.2) is 15.0 Å². The molecule has 6 aromatic rings. The van der Waals surface area contributed by atoms with Gasteiger partial charge in [-0.15, -0.1) is 5.10 Å². The van der Waals surface area contributed by atoms with E-state index in [0.29, 0.717) is 0 Å². The second kappa shape index (κ2) is 13.4. The van der Waals surface area contributed by atoms with Crippen molar-refractivity contribution in [3.63, 3.8) is 0 Å². The number of hydrogen-bond donors (Lipinski definition) is 0. The molecule has 0 unspecified atom stereocenters. The first-order valence-electron chi connectivity index (χ1n) is 14.9. The van der Waals surface area contributed by atoms with Crippen molar-refractivity contribution in [3.05, 3.63) is 182 Å². The minimum absolute atomic E-state index is 0.0326. The fraction of sp³-hybridized carbons (Fsp3) is 0.0513. The third-order valence-corrected chi connectivity index (χ3v) is 12.9. The normalized spacial score (nSPS) is 14.8. The molecule has 0 aliphatic heterocycles. The standard InChI is InChI=1S/C39H32N3P2/c1-30(36-28-17-29-37(36)43(32-20-9-3-10-21-32)33-22-11-4-12-23-33)42-39(38(40-41-42)31-18-7-2-8-19-31)44(34-24-13-5-14-25-34)35-26-15-6-16-27-35/h2-30H,1H3/t30-/m0/s1. The van der Waals surface area contributed by atoms with Crippen LogP contribution in [0.2, 0.25) is 0 Å². The molecule has 213 valence electrons. The molecule has 1 aliphatic carbocycles. The Morgan fingerprint density at radius 1 is 0.523 bits per heavy atom. The van der Waals surface area contributed by atoms with Crippen LogP contribution in [0.3, 0.4) is 0 Å². The molecular formula is C39H32N3P2. The van der Waals surface area contributed by atoms with Gasteiger partial charge in [0.1, 0.15) is 5.69 Å². The van der Waals surface area contributed by atoms with Gasteiger partial charge >= 0.3 is 0 Å². The number of benzene rings is 5. The Labute approximate surface area is 263 Å². The van der Waals surface area contributed by atoms with Gasteiger partial charge in [-0.25, -0.2) is 4.68 Å². The molecule has 5 aromatic carbocycles. The van der Waals surface area contributed by atoms with Crippen LogP contribution in [0.5, 0.6) is 0 Å². The van der Waals surface area contributed by atoms with Gasteiger partial charge in [0.2, 0.25) is 0 Å². The monoisotopic (exact) mass is 604 g/mol. The lowest BCUT2D eigenvalue weighted by Gasteiger charge is -2.33. The summed E-state index contributed by atoms with van der Waals surface area (Å²) in [6.07, 6.45) is 6.79. The molecule has 0 N–H and O–H groups in total. The van der Waals surface area contributed by atoms with Crippen LogP contribution in [-0.2, 0) is 0 Å². The van der Waals surface area contributed by atoms with Crippen LogP contribution < -0.4 is 26.7 Å². The predicted octanol–water partition coefficient (Wildman–Crippen LogP) is 7.13. The zero-order valence-corrected chi connectivity index (χ0v) is 26.3. The molecule has 1 heterocycles. The highest BCUT2D eigenvalue weighted by Gasteiger charge is 2.42. The Bertz CT molecular complexity index is 1680. The van der Waals surface area contributed by atoms with E-state index in [9.17, 15) is 0 Å². The molecule has 0 spiro atoms. The molecule has 7 rings (SSSR count). The first-order valence-corrected chi connectivity index (χ1v) is 17.5. The number of aromatic nitrogens is 3. The number of hydrogen-bond acceptors (Lipinski definition) is 2. The number of nitrogens with zero attached hydrogens (tertiary/aromatic N) is 3. The summed E-state index contributed by atoms with van der Waals surface area (Å²) >= 11 is 0. The van der Waals surface area contributed by atoms with E-state index in [1.54, 1.807) is 0 Å². The Morgan fingerprint density at radius 3 is 1.43 bits per heavy atom. The average Bonchev–Trinajstić information content (AvgIpc) is 3.76. The maximum atomic E-state index is 4.96. The minimum atomic E-state index is -0.952. The summed E-state index contributed by atoms with van der Waals surface area (Å²) < 4.78 is 2.20. The first-order chi connectivity index (χ1) is 21.8. The molecule has 1 aromatic heterocycles. The molecule has 44 heavy (non-hydrogen) atoms. The molecule has 0 bridgehead atoms. The van der Waals surface area contributed by atoms with Crippen molar-refractivity contribution in [2.24, 2.45) is 0 Å². The molecule has 0 saturated heterocycles. The summed E-state index contributed by atoms with van der Waals surface area (Å²) in [6.45, 7) is 2.28. The lowest BCUT2D eigenvalue weighted by Crippen LogP contribution is -2.33. The van der Waals surface area contributed by atoms with Crippen molar-refractivity contribution in [2.45, 2.75) is 13.0 Å². The number of rotatable bonds is 9. The summed E-state index contributed by atoms with van der Waals surface area (Å²) in [4.78, 5) is 0. The fourth-order valence-electron chi connectivity index (χ4n) is 5.78. The van der Waals surface area contributed by atoms with E-state index in [2.05, 4.69) is 183 Å². The molecule has 1 atom stereocenters. The third kappa shape index (κ3) is 5.80. The van der Waals surface area contributed by atoms with E-state index in [-0.39, 0.29) is 6.04 Å². The van der Waals surface area contributed by atoms with E-state index in [4.69, 9.17) is 10.3 Å². The maximum absolute atomic E-state index is 4.96. The van der Waals surface area contributed by atoms with Crippen LogP contribution in [0.4, 0.5) is 0 Å². The molecule has 5 radical (unpaired) electrons. The summed E-state index contributed by atoms with van der Waals surface area (Å²) in [7, 11) is -1.71. The van der Waals surface area contributed by atoms with E-state index < -0.39 is 15.8 Å². The third-order valence-electron chi connectivity index (χ3n) is 7.87. The second-order valence-corrected chi connectivity index (χ2v) is 14.9. The topological polar surface area (TPSA) is 30.7 Å². The lowest BCUT2D eigenvalue weighted by atomic mass is 9.99. The van der Waals surface area contributed by atoms with Crippen molar-refractivity contribution in [1.82, 2.24) is 15.0 Å². The van der Waals surface area contributed by atoms with Gasteiger partial charge in [-0.1, -0.05) is 157 Å². The van der Waals surface area contributed by atoms with E-state index in [1.807, 2.05) is 0 Å². The fourth-order valence-corrected chi connectivity index (χ4v) is 10.9. The highest BCUT2D eigenvalue weighted by atomic mass is 31.1. The van der Waals surface area contributed by atoms with Gasteiger partial charge in [0.05, 0.1) is 11.5 Å². The van der Waals surface area contributed by atoms with Gasteiger partial charge in [-0.3, -0.25) is 0 Å². The SMILES string of the molecule is C[C@@H]([C]1[CH][CH][CH][C]1P(c1ccccc1)c1ccccc1)n1nnc(-c2ccccc2)c1P(c1ccccc1)c1ccccc1. The molecule has 1 saturated carbocycles. The van der Waals surface area contributed by atoms with Crippen molar-refractivity contribution in [2.75, 3.05) is 0 Å². The average molecular weight is 605 g/mol. The molecule has 1 fully saturated rings. The molecule has 5 heteroatoms. The molecule has 3 nitrogen and oxygen atoms in total. The predicted molar refractivity (Wildman–Crippen MR) is 187 cm³/mol. The highest BCUT2D eigenvalue weighted by Crippen LogP contribution is 2.58. The van der Waals surface area contributed by atoms with E-state index in [1.165, 1.54) is 32.8 Å². The van der Waals surface area contributed by atoms with Crippen LogP contribution in [0.25, 0.3) is 11.3 Å². The smallest absolute Gasteiger partial charge is 0.121 e. The van der Waals surface area contributed by atoms with Gasteiger partial charge in [0, 0.05) is 25.1 Å². The lowest BCUT2D eigenvalue weighted by molar-refractivity contribution is 0.517. The van der Waals surface area contributed by atoms with Gasteiger partial charge in [0.25, 0.3) is 0 Å². The van der Waals surface area contributed by atoms with Crippen LogP contribution in [0.1, 0.15) is 13.0 Å². The van der Waals surface area contributed by atoms with Gasteiger partial charge < -0.3 is 0 Å². The molecular weight excluding hydrogens is 572 g/mol. The van der Waals surface area contributed by atoms with Crippen molar-refractivity contribution in [3.8, 4) is 11.3 Å². The largest absolute Gasteiger partial charge is 0.240 e. The zero-order valence-electron chi connectivity index (χ0n) is 24.5. The van der Waals surface area contributed by atoms with Crippen molar-refractivity contribution >= 4 is 42.5 Å². The van der Waals surface area contributed by atoms with Gasteiger partial charge in [-0.2, -0.15) is 0 Å². The Morgan fingerprint density at radius 2 is 0.955 bits per heavy atom. The van der Waals surface area contributed by atoms with Gasteiger partial charge in [-0.05, 0) is 55.3 Å². The first kappa shape index (κ1) is 28.8. The molecule has 1 aliphatic rings. The van der Waals surface area contributed by atoms with E-state index >= 15 is 0 Å². The van der Waals surface area contributed by atoms with Crippen LogP contribution in [0.15, 0.2) is 152 Å². The van der Waals surface area contributed by atoms with Gasteiger partial charge in [0.15, 0.2) is 0 Å². The summed E-state index contributed by atoms with van der Waals surface area (Å²) in [6, 6.07) is 54.0. The summed E-state index contributed by atoms with van der Waals surface area (Å²) in [5.74, 6) is 1.28. The van der Waals surface area contributed by atoms with Crippen molar-refractivity contribution < 1.29 is 0 Å².